The monoisotopic (exact) mass is 248 g/mol. The van der Waals surface area contributed by atoms with Gasteiger partial charge in [-0.3, -0.25) is 4.79 Å². The van der Waals surface area contributed by atoms with E-state index >= 15 is 0 Å². The molecule has 1 aromatic rings. The van der Waals surface area contributed by atoms with Crippen LogP contribution in [-0.2, 0) is 4.79 Å². The van der Waals surface area contributed by atoms with Gasteiger partial charge in [0.05, 0.1) is 12.1 Å². The molecule has 1 amide bonds. The van der Waals surface area contributed by atoms with Crippen LogP contribution in [-0.4, -0.2) is 18.5 Å². The Morgan fingerprint density at radius 3 is 2.44 bits per heavy atom. The largest absolute Gasteiger partial charge is 0.348 e. The van der Waals surface area contributed by atoms with Crippen molar-refractivity contribution in [2.45, 2.75) is 45.7 Å². The standard InChI is InChI=1S/C15H24N2O/c1-4-11-16-12(3)15(18)17-14(5-2)13-9-7-6-8-10-13/h6-10,12,14,16H,4-5,11H2,1-3H3,(H,17,18). The lowest BCUT2D eigenvalue weighted by atomic mass is 10.0. The van der Waals surface area contributed by atoms with E-state index in [0.717, 1.165) is 24.9 Å². The maximum absolute atomic E-state index is 12.0. The first kappa shape index (κ1) is 14.7. The van der Waals surface area contributed by atoms with Crippen LogP contribution in [0.5, 0.6) is 0 Å². The summed E-state index contributed by atoms with van der Waals surface area (Å²) in [5.74, 6) is 0.0687. The molecule has 0 bridgehead atoms. The summed E-state index contributed by atoms with van der Waals surface area (Å²) in [5, 5.41) is 6.29. The van der Waals surface area contributed by atoms with Crippen molar-refractivity contribution >= 4 is 5.91 Å². The molecule has 3 heteroatoms. The number of hydrogen-bond donors (Lipinski definition) is 2. The number of nitrogens with one attached hydrogen (secondary N) is 2. The lowest BCUT2D eigenvalue weighted by Gasteiger charge is -2.20. The Labute approximate surface area is 110 Å². The predicted molar refractivity (Wildman–Crippen MR) is 75.4 cm³/mol. The van der Waals surface area contributed by atoms with Crippen LogP contribution in [0.4, 0.5) is 0 Å². The molecule has 2 atom stereocenters. The fourth-order valence-electron chi connectivity index (χ4n) is 1.86. The molecule has 0 saturated heterocycles. The summed E-state index contributed by atoms with van der Waals surface area (Å²) in [6.07, 6.45) is 1.93. The summed E-state index contributed by atoms with van der Waals surface area (Å²) in [6.45, 7) is 6.96. The number of carbonyl (C=O) groups is 1. The summed E-state index contributed by atoms with van der Waals surface area (Å²) in [6, 6.07) is 10.1. The van der Waals surface area contributed by atoms with Gasteiger partial charge in [0, 0.05) is 0 Å². The molecule has 0 saturated carbocycles. The minimum atomic E-state index is -0.136. The number of carbonyl (C=O) groups excluding carboxylic acids is 1. The molecule has 0 spiro atoms. The van der Waals surface area contributed by atoms with E-state index in [2.05, 4.69) is 36.6 Å². The van der Waals surface area contributed by atoms with Gasteiger partial charge in [0.15, 0.2) is 0 Å². The van der Waals surface area contributed by atoms with Crippen molar-refractivity contribution in [3.8, 4) is 0 Å². The van der Waals surface area contributed by atoms with Crippen LogP contribution in [0.25, 0.3) is 0 Å². The molecule has 0 radical (unpaired) electrons. The minimum Gasteiger partial charge on any atom is -0.348 e. The molecule has 100 valence electrons. The highest BCUT2D eigenvalue weighted by Gasteiger charge is 2.16. The highest BCUT2D eigenvalue weighted by molar-refractivity contribution is 5.81. The first-order valence-electron chi connectivity index (χ1n) is 6.77. The quantitative estimate of drug-likeness (QED) is 0.779. The Kier molecular flexibility index (Phi) is 6.44. The second-order valence-electron chi connectivity index (χ2n) is 4.56. The number of benzene rings is 1. The third-order valence-corrected chi connectivity index (χ3v) is 3.02. The van der Waals surface area contributed by atoms with Crippen LogP contribution < -0.4 is 10.6 Å². The van der Waals surface area contributed by atoms with E-state index in [9.17, 15) is 4.79 Å². The Bertz CT molecular complexity index is 351. The normalized spacial score (nSPS) is 13.9. The number of hydrogen-bond acceptors (Lipinski definition) is 2. The fourth-order valence-corrected chi connectivity index (χ4v) is 1.86. The van der Waals surface area contributed by atoms with Gasteiger partial charge in [0.2, 0.25) is 5.91 Å². The smallest absolute Gasteiger partial charge is 0.237 e. The van der Waals surface area contributed by atoms with E-state index in [1.54, 1.807) is 0 Å². The molecule has 18 heavy (non-hydrogen) atoms. The number of rotatable bonds is 7. The average Bonchev–Trinajstić information content (AvgIpc) is 2.42. The number of amides is 1. The van der Waals surface area contributed by atoms with Crippen molar-refractivity contribution in [3.05, 3.63) is 35.9 Å². The summed E-state index contributed by atoms with van der Waals surface area (Å²) < 4.78 is 0. The van der Waals surface area contributed by atoms with E-state index in [0.29, 0.717) is 0 Å². The molecule has 0 heterocycles. The van der Waals surface area contributed by atoms with Crippen molar-refractivity contribution in [2.75, 3.05) is 6.54 Å². The van der Waals surface area contributed by atoms with E-state index in [1.807, 2.05) is 25.1 Å². The summed E-state index contributed by atoms with van der Waals surface area (Å²) in [7, 11) is 0. The van der Waals surface area contributed by atoms with Gasteiger partial charge in [-0.05, 0) is 31.9 Å². The average molecular weight is 248 g/mol. The maximum atomic E-state index is 12.0. The SMILES string of the molecule is CCCNC(C)C(=O)NC(CC)c1ccccc1. The van der Waals surface area contributed by atoms with Crippen LogP contribution in [0.15, 0.2) is 30.3 Å². The summed E-state index contributed by atoms with van der Waals surface area (Å²) in [5.41, 5.74) is 1.16. The molecule has 0 fully saturated rings. The van der Waals surface area contributed by atoms with Gasteiger partial charge in [-0.15, -0.1) is 0 Å². The zero-order chi connectivity index (χ0) is 13.4. The van der Waals surface area contributed by atoms with Crippen LogP contribution >= 0.6 is 0 Å². The van der Waals surface area contributed by atoms with Crippen LogP contribution in [0.3, 0.4) is 0 Å². The molecule has 2 unspecified atom stereocenters. The summed E-state index contributed by atoms with van der Waals surface area (Å²) >= 11 is 0. The first-order valence-corrected chi connectivity index (χ1v) is 6.77. The molecular weight excluding hydrogens is 224 g/mol. The highest BCUT2D eigenvalue weighted by Crippen LogP contribution is 2.15. The Hall–Kier alpha value is -1.35. The molecule has 0 aliphatic rings. The topological polar surface area (TPSA) is 41.1 Å². The van der Waals surface area contributed by atoms with Gasteiger partial charge in [0.1, 0.15) is 0 Å². The molecule has 1 rings (SSSR count). The second-order valence-corrected chi connectivity index (χ2v) is 4.56. The van der Waals surface area contributed by atoms with Crippen LogP contribution in [0, 0.1) is 0 Å². The first-order chi connectivity index (χ1) is 8.69. The van der Waals surface area contributed by atoms with E-state index in [1.165, 1.54) is 0 Å². The Morgan fingerprint density at radius 2 is 1.89 bits per heavy atom. The third kappa shape index (κ3) is 4.49. The second kappa shape index (κ2) is 7.88. The third-order valence-electron chi connectivity index (χ3n) is 3.02. The van der Waals surface area contributed by atoms with Crippen molar-refractivity contribution in [2.24, 2.45) is 0 Å². The van der Waals surface area contributed by atoms with Gasteiger partial charge in [-0.1, -0.05) is 44.2 Å². The molecule has 3 nitrogen and oxygen atoms in total. The van der Waals surface area contributed by atoms with Crippen molar-refractivity contribution < 1.29 is 4.79 Å². The Balaban J connectivity index is 2.56. The van der Waals surface area contributed by atoms with Crippen molar-refractivity contribution in [3.63, 3.8) is 0 Å². The van der Waals surface area contributed by atoms with Gasteiger partial charge in [-0.25, -0.2) is 0 Å². The highest BCUT2D eigenvalue weighted by atomic mass is 16.2. The lowest BCUT2D eigenvalue weighted by Crippen LogP contribution is -2.43. The van der Waals surface area contributed by atoms with Crippen molar-refractivity contribution in [1.29, 1.82) is 0 Å². The van der Waals surface area contributed by atoms with Gasteiger partial charge in [-0.2, -0.15) is 0 Å². The van der Waals surface area contributed by atoms with Crippen LogP contribution in [0.2, 0.25) is 0 Å². The molecular formula is C15H24N2O. The molecule has 2 N–H and O–H groups in total. The van der Waals surface area contributed by atoms with Gasteiger partial charge >= 0.3 is 0 Å². The van der Waals surface area contributed by atoms with Crippen molar-refractivity contribution in [1.82, 2.24) is 10.6 Å². The van der Waals surface area contributed by atoms with Gasteiger partial charge < -0.3 is 10.6 Å². The molecule has 0 aliphatic carbocycles. The summed E-state index contributed by atoms with van der Waals surface area (Å²) in [4.78, 5) is 12.0. The predicted octanol–water partition coefficient (Wildman–Crippen LogP) is 2.64. The van der Waals surface area contributed by atoms with Gasteiger partial charge in [0.25, 0.3) is 0 Å². The molecule has 1 aromatic carbocycles. The fraction of sp³-hybridized carbons (Fsp3) is 0.533. The minimum absolute atomic E-state index is 0.0687. The van der Waals surface area contributed by atoms with E-state index < -0.39 is 0 Å². The van der Waals surface area contributed by atoms with E-state index in [-0.39, 0.29) is 18.0 Å². The van der Waals surface area contributed by atoms with Crippen LogP contribution in [0.1, 0.15) is 45.2 Å². The van der Waals surface area contributed by atoms with E-state index in [4.69, 9.17) is 0 Å². The zero-order valence-corrected chi connectivity index (χ0v) is 11.6. The molecule has 0 aliphatic heterocycles. The maximum Gasteiger partial charge on any atom is 0.237 e. The Morgan fingerprint density at radius 1 is 1.22 bits per heavy atom. The molecule has 0 aromatic heterocycles. The lowest BCUT2D eigenvalue weighted by molar-refractivity contribution is -0.123. The zero-order valence-electron chi connectivity index (χ0n) is 11.6.